The topological polar surface area (TPSA) is 47.0 Å². The molecule has 2 saturated heterocycles. The molecule has 254 valence electrons. The minimum atomic E-state index is -0.697. The Morgan fingerprint density at radius 3 is 2.04 bits per heavy atom. The molecule has 0 spiro atoms. The Bertz CT molecular complexity index is 1100. The molecule has 2 aliphatic rings. The summed E-state index contributed by atoms with van der Waals surface area (Å²) in [5.74, 6) is 1.02. The van der Waals surface area contributed by atoms with E-state index in [4.69, 9.17) is 23.2 Å². The van der Waals surface area contributed by atoms with Crippen molar-refractivity contribution in [3.05, 3.63) is 69.6 Å². The molecular weight excluding hydrogens is 621 g/mol. The second-order valence-electron chi connectivity index (χ2n) is 10.7. The summed E-state index contributed by atoms with van der Waals surface area (Å²) < 4.78 is 0. The lowest BCUT2D eigenvalue weighted by atomic mass is 9.97. The van der Waals surface area contributed by atoms with Gasteiger partial charge in [-0.1, -0.05) is 95.9 Å². The molecule has 8 heteroatoms. The van der Waals surface area contributed by atoms with Crippen molar-refractivity contribution < 1.29 is 9.90 Å². The number of carbonyl (C=O) groups excluding carboxylic acids is 1. The number of piperidine rings is 1. The van der Waals surface area contributed by atoms with Crippen molar-refractivity contribution in [2.45, 2.75) is 106 Å². The van der Waals surface area contributed by atoms with Gasteiger partial charge in [0.2, 0.25) is 5.91 Å². The molecule has 5 nitrogen and oxygen atoms in total. The Labute approximate surface area is 289 Å². The standard InChI is InChI=1S/C31H41Cl2N3O2S.3C2H6/c1-4-39-16-11-30(37)20-31(38)34-12-9-29(10-13-34)35-14-15-36(22(2)21-35)23(3)24-5-7-25(8-6-24)26-17-27(32)19-28(33)18-26;3*1-2/h5-8,11,16-19,22-23,29-30,37H,4,9-10,12-15,20-21H2,1-3H3;3*1-2H3/b16-11-;;;/t22-,23+,30?;;;/m1.../s1. The van der Waals surface area contributed by atoms with E-state index in [1.165, 1.54) is 5.56 Å². The van der Waals surface area contributed by atoms with Crippen LogP contribution in [-0.2, 0) is 4.79 Å². The molecule has 2 aliphatic heterocycles. The third kappa shape index (κ3) is 13.2. The largest absolute Gasteiger partial charge is 0.388 e. The zero-order valence-electron chi connectivity index (χ0n) is 29.2. The normalized spacial score (nSPS) is 18.9. The fourth-order valence-corrected chi connectivity index (χ4v) is 6.88. The first-order valence-corrected chi connectivity index (χ1v) is 18.9. The fraction of sp³-hybridized carbons (Fsp3) is 0.595. The third-order valence-corrected chi connectivity index (χ3v) is 9.20. The number of hydrogen-bond acceptors (Lipinski definition) is 5. The molecule has 0 aromatic heterocycles. The van der Waals surface area contributed by atoms with Crippen LogP contribution in [-0.4, -0.2) is 82.4 Å². The predicted molar refractivity (Wildman–Crippen MR) is 200 cm³/mol. The van der Waals surface area contributed by atoms with Gasteiger partial charge in [0.25, 0.3) is 0 Å². The van der Waals surface area contributed by atoms with Gasteiger partial charge >= 0.3 is 0 Å². The molecule has 4 rings (SSSR count). The van der Waals surface area contributed by atoms with E-state index in [9.17, 15) is 9.90 Å². The average molecular weight is 681 g/mol. The van der Waals surface area contributed by atoms with E-state index >= 15 is 0 Å². The van der Waals surface area contributed by atoms with Crippen LogP contribution in [0.2, 0.25) is 10.0 Å². The molecule has 0 saturated carbocycles. The molecule has 2 aromatic carbocycles. The molecular formula is C37H59Cl2N3O2S. The fourth-order valence-electron chi connectivity index (χ4n) is 5.87. The number of thioether (sulfide) groups is 1. The van der Waals surface area contributed by atoms with E-state index in [0.29, 0.717) is 28.2 Å². The average Bonchev–Trinajstić information content (AvgIpc) is 3.07. The Hall–Kier alpha value is -1.54. The number of rotatable bonds is 9. The number of nitrogens with zero attached hydrogens (tertiary/aromatic N) is 3. The van der Waals surface area contributed by atoms with Gasteiger partial charge in [-0.2, -0.15) is 0 Å². The van der Waals surface area contributed by atoms with Crippen molar-refractivity contribution in [1.82, 2.24) is 14.7 Å². The summed E-state index contributed by atoms with van der Waals surface area (Å²) in [6, 6.07) is 15.7. The lowest BCUT2D eigenvalue weighted by Gasteiger charge is -2.47. The third-order valence-electron chi connectivity index (χ3n) is 8.08. The Kier molecular flexibility index (Phi) is 21.1. The number of hydrogen-bond donors (Lipinski definition) is 1. The van der Waals surface area contributed by atoms with Gasteiger partial charge < -0.3 is 10.0 Å². The molecule has 0 aliphatic carbocycles. The van der Waals surface area contributed by atoms with Crippen molar-refractivity contribution >= 4 is 40.9 Å². The monoisotopic (exact) mass is 679 g/mol. The van der Waals surface area contributed by atoms with Gasteiger partial charge in [0.15, 0.2) is 0 Å². The zero-order valence-corrected chi connectivity index (χ0v) is 31.6. The number of carbonyl (C=O) groups is 1. The number of benzene rings is 2. The van der Waals surface area contributed by atoms with Crippen LogP contribution in [0.5, 0.6) is 0 Å². The zero-order chi connectivity index (χ0) is 33.9. The lowest BCUT2D eigenvalue weighted by Crippen LogP contribution is -2.57. The van der Waals surface area contributed by atoms with Gasteiger partial charge in [0.05, 0.1) is 12.5 Å². The van der Waals surface area contributed by atoms with Gasteiger partial charge in [0, 0.05) is 60.9 Å². The summed E-state index contributed by atoms with van der Waals surface area (Å²) in [5.41, 5.74) is 3.45. The molecule has 1 unspecified atom stereocenters. The Morgan fingerprint density at radius 2 is 1.51 bits per heavy atom. The van der Waals surface area contributed by atoms with Crippen LogP contribution in [0.1, 0.15) is 93.2 Å². The van der Waals surface area contributed by atoms with Crippen LogP contribution < -0.4 is 0 Å². The Balaban J connectivity index is 0.00000159. The highest BCUT2D eigenvalue weighted by molar-refractivity contribution is 8.02. The summed E-state index contributed by atoms with van der Waals surface area (Å²) in [7, 11) is 0. The van der Waals surface area contributed by atoms with E-state index in [-0.39, 0.29) is 12.3 Å². The summed E-state index contributed by atoms with van der Waals surface area (Å²) in [4.78, 5) is 19.8. The van der Waals surface area contributed by atoms with E-state index in [0.717, 1.165) is 62.4 Å². The number of piperazine rings is 1. The number of aliphatic hydroxyl groups is 1. The SMILES string of the molecule is CC.CC.CC.CCS/C=C\C(O)CC(=O)N1CCC(N2CCN([C@@H](C)c3ccc(-c4cc(Cl)cc(Cl)c4)cc3)[C@H](C)C2)CC1. The minimum Gasteiger partial charge on any atom is -0.388 e. The molecule has 1 N–H and O–H groups in total. The first-order valence-electron chi connectivity index (χ1n) is 17.1. The van der Waals surface area contributed by atoms with Gasteiger partial charge in [-0.3, -0.25) is 14.6 Å². The van der Waals surface area contributed by atoms with Gasteiger partial charge in [0.1, 0.15) is 0 Å². The van der Waals surface area contributed by atoms with Crippen LogP contribution in [0.4, 0.5) is 0 Å². The molecule has 3 atom stereocenters. The number of halogens is 2. The highest BCUT2D eigenvalue weighted by atomic mass is 35.5. The molecule has 0 radical (unpaired) electrons. The maximum absolute atomic E-state index is 12.7. The van der Waals surface area contributed by atoms with Gasteiger partial charge in [-0.05, 0) is 78.8 Å². The summed E-state index contributed by atoms with van der Waals surface area (Å²) in [5, 5.41) is 13.3. The van der Waals surface area contributed by atoms with Crippen molar-refractivity contribution in [1.29, 1.82) is 0 Å². The molecule has 2 heterocycles. The van der Waals surface area contributed by atoms with Gasteiger partial charge in [-0.25, -0.2) is 0 Å². The second kappa shape index (κ2) is 22.9. The van der Waals surface area contributed by atoms with Crippen LogP contribution in [0.3, 0.4) is 0 Å². The van der Waals surface area contributed by atoms with Crippen LogP contribution in [0, 0.1) is 0 Å². The molecule has 1 amide bonds. The van der Waals surface area contributed by atoms with E-state index in [1.54, 1.807) is 23.9 Å². The number of aliphatic hydroxyl groups excluding tert-OH is 1. The Morgan fingerprint density at radius 1 is 0.933 bits per heavy atom. The van der Waals surface area contributed by atoms with E-state index in [1.807, 2.05) is 64.0 Å². The van der Waals surface area contributed by atoms with E-state index < -0.39 is 6.10 Å². The predicted octanol–water partition coefficient (Wildman–Crippen LogP) is 9.81. The van der Waals surface area contributed by atoms with Crippen molar-refractivity contribution in [2.24, 2.45) is 0 Å². The number of amides is 1. The van der Waals surface area contributed by atoms with Gasteiger partial charge in [-0.15, -0.1) is 11.8 Å². The van der Waals surface area contributed by atoms with Crippen molar-refractivity contribution in [2.75, 3.05) is 38.5 Å². The minimum absolute atomic E-state index is 0.0589. The summed E-state index contributed by atoms with van der Waals surface area (Å²) in [6.45, 7) is 23.4. The first-order chi connectivity index (χ1) is 21.7. The lowest BCUT2D eigenvalue weighted by molar-refractivity contribution is -0.134. The molecule has 0 bridgehead atoms. The highest BCUT2D eigenvalue weighted by Gasteiger charge is 2.33. The van der Waals surface area contributed by atoms with Crippen LogP contribution in [0.25, 0.3) is 11.1 Å². The maximum Gasteiger partial charge on any atom is 0.225 e. The van der Waals surface area contributed by atoms with E-state index in [2.05, 4.69) is 54.8 Å². The maximum atomic E-state index is 12.7. The molecule has 2 fully saturated rings. The summed E-state index contributed by atoms with van der Waals surface area (Å²) >= 11 is 14.0. The smallest absolute Gasteiger partial charge is 0.225 e. The second-order valence-corrected chi connectivity index (χ2v) is 12.8. The molecule has 2 aromatic rings. The quantitative estimate of drug-likeness (QED) is 0.286. The van der Waals surface area contributed by atoms with Crippen LogP contribution in [0.15, 0.2) is 53.9 Å². The molecule has 45 heavy (non-hydrogen) atoms. The highest BCUT2D eigenvalue weighted by Crippen LogP contribution is 2.31. The summed E-state index contributed by atoms with van der Waals surface area (Å²) in [6.07, 6.45) is 3.20. The first kappa shape index (κ1) is 41.5. The number of likely N-dealkylation sites (tertiary alicyclic amines) is 1. The van der Waals surface area contributed by atoms with Crippen molar-refractivity contribution in [3.8, 4) is 11.1 Å². The van der Waals surface area contributed by atoms with Crippen LogP contribution >= 0.6 is 35.0 Å². The van der Waals surface area contributed by atoms with Crippen molar-refractivity contribution in [3.63, 3.8) is 0 Å².